The summed E-state index contributed by atoms with van der Waals surface area (Å²) in [5.74, 6) is -0.102. The summed E-state index contributed by atoms with van der Waals surface area (Å²) >= 11 is 0. The van der Waals surface area contributed by atoms with Crippen molar-refractivity contribution < 1.29 is 17.9 Å². The summed E-state index contributed by atoms with van der Waals surface area (Å²) in [5.41, 5.74) is 1.40. The van der Waals surface area contributed by atoms with Gasteiger partial charge in [0.15, 0.2) is 0 Å². The van der Waals surface area contributed by atoms with Gasteiger partial charge in [0.05, 0.1) is 10.3 Å². The average Bonchev–Trinajstić information content (AvgIpc) is 3.28. The van der Waals surface area contributed by atoms with Crippen LogP contribution in [0.15, 0.2) is 17.0 Å². The number of likely N-dealkylation sites (tertiary alicyclic amines) is 1. The number of nitrogens with zero attached hydrogens (tertiary/aromatic N) is 1. The quantitative estimate of drug-likeness (QED) is 0.716. The van der Waals surface area contributed by atoms with Crippen LogP contribution >= 0.6 is 0 Å². The summed E-state index contributed by atoms with van der Waals surface area (Å²) in [7, 11) is -3.69. The molecule has 3 aliphatic rings. The molecule has 8 heteroatoms. The van der Waals surface area contributed by atoms with Crippen molar-refractivity contribution in [3.8, 4) is 0 Å². The monoisotopic (exact) mass is 435 g/mol. The lowest BCUT2D eigenvalue weighted by Crippen LogP contribution is -2.48. The van der Waals surface area contributed by atoms with Crippen molar-refractivity contribution in [2.45, 2.75) is 56.8 Å². The molecule has 7 nitrogen and oxygen atoms in total. The van der Waals surface area contributed by atoms with Gasteiger partial charge in [-0.1, -0.05) is 0 Å². The Hall–Kier alpha value is -1.48. The molecule has 0 spiro atoms. The number of aryl methyl sites for hydroxylation is 1. The molecule has 166 valence electrons. The van der Waals surface area contributed by atoms with Gasteiger partial charge in [-0.15, -0.1) is 0 Å². The summed E-state index contributed by atoms with van der Waals surface area (Å²) in [6.07, 6.45) is 4.16. The van der Waals surface area contributed by atoms with E-state index in [-0.39, 0.29) is 16.2 Å². The first-order valence-electron chi connectivity index (χ1n) is 10.9. The van der Waals surface area contributed by atoms with E-state index in [0.29, 0.717) is 19.8 Å². The van der Waals surface area contributed by atoms with Crippen LogP contribution in [0.25, 0.3) is 0 Å². The predicted octanol–water partition coefficient (Wildman–Crippen LogP) is 2.40. The number of hydrogen-bond donors (Lipinski definition) is 2. The molecular formula is C22H33N3O4S. The number of carbonyl (C=O) groups excluding carboxylic acids is 1. The fraction of sp³-hybridized carbons (Fsp3) is 0.682. The van der Waals surface area contributed by atoms with E-state index in [2.05, 4.69) is 14.9 Å². The van der Waals surface area contributed by atoms with Crippen LogP contribution in [0.5, 0.6) is 0 Å². The van der Waals surface area contributed by atoms with E-state index in [4.69, 9.17) is 4.74 Å². The number of rotatable bonds is 6. The predicted molar refractivity (Wildman–Crippen MR) is 116 cm³/mol. The number of amides is 1. The molecule has 2 fully saturated rings. The Balaban J connectivity index is 1.56. The second kappa shape index (κ2) is 7.89. The van der Waals surface area contributed by atoms with Gasteiger partial charge in [0.1, 0.15) is 0 Å². The van der Waals surface area contributed by atoms with Crippen molar-refractivity contribution in [3.05, 3.63) is 23.3 Å². The molecule has 0 saturated carbocycles. The number of hydrogen-bond acceptors (Lipinski definition) is 5. The number of sulfonamides is 1. The number of benzene rings is 1. The molecule has 30 heavy (non-hydrogen) atoms. The van der Waals surface area contributed by atoms with Gasteiger partial charge < -0.3 is 15.0 Å². The fourth-order valence-corrected chi connectivity index (χ4v) is 6.17. The lowest BCUT2D eigenvalue weighted by molar-refractivity contribution is -0.119. The Labute approximate surface area is 179 Å². The molecule has 0 radical (unpaired) electrons. The molecule has 0 aliphatic carbocycles. The van der Waals surface area contributed by atoms with Gasteiger partial charge in [-0.25, -0.2) is 13.1 Å². The van der Waals surface area contributed by atoms with Gasteiger partial charge in [-0.2, -0.15) is 0 Å². The van der Waals surface area contributed by atoms with Crippen molar-refractivity contribution in [2.24, 2.45) is 5.41 Å². The second-order valence-electron chi connectivity index (χ2n) is 9.66. The highest BCUT2D eigenvalue weighted by Gasteiger charge is 2.41. The average molecular weight is 436 g/mol. The molecule has 2 N–H and O–H groups in total. The summed E-state index contributed by atoms with van der Waals surface area (Å²) in [4.78, 5) is 15.0. The number of ether oxygens (including phenoxy) is 1. The van der Waals surface area contributed by atoms with Crippen molar-refractivity contribution in [1.29, 1.82) is 0 Å². The van der Waals surface area contributed by atoms with Crippen molar-refractivity contribution in [3.63, 3.8) is 0 Å². The van der Waals surface area contributed by atoms with E-state index >= 15 is 0 Å². The number of nitrogens with one attached hydrogen (secondary N) is 2. The Bertz CT molecular complexity index is 930. The van der Waals surface area contributed by atoms with Gasteiger partial charge in [0, 0.05) is 37.4 Å². The molecular weight excluding hydrogens is 402 g/mol. The third-order valence-electron chi connectivity index (χ3n) is 7.05. The third-order valence-corrected chi connectivity index (χ3v) is 8.43. The van der Waals surface area contributed by atoms with E-state index < -0.39 is 15.4 Å². The summed E-state index contributed by atoms with van der Waals surface area (Å²) < 4.78 is 34.9. The number of anilines is 1. The zero-order valence-corrected chi connectivity index (χ0v) is 19.0. The Morgan fingerprint density at radius 1 is 1.17 bits per heavy atom. The molecule has 0 unspecified atom stereocenters. The van der Waals surface area contributed by atoms with Crippen LogP contribution in [0, 0.1) is 12.3 Å². The van der Waals surface area contributed by atoms with Gasteiger partial charge in [-0.05, 0) is 82.8 Å². The maximum Gasteiger partial charge on any atom is 0.240 e. The van der Waals surface area contributed by atoms with Crippen LogP contribution in [0.1, 0.15) is 50.7 Å². The third kappa shape index (κ3) is 4.02. The van der Waals surface area contributed by atoms with E-state index in [0.717, 1.165) is 49.3 Å². The van der Waals surface area contributed by atoms with Crippen molar-refractivity contribution in [1.82, 2.24) is 9.62 Å². The Kier molecular flexibility index (Phi) is 5.72. The first-order chi connectivity index (χ1) is 14.1. The summed E-state index contributed by atoms with van der Waals surface area (Å²) in [6.45, 7) is 10.3. The van der Waals surface area contributed by atoms with Crippen molar-refractivity contribution in [2.75, 3.05) is 44.7 Å². The molecule has 0 bridgehead atoms. The van der Waals surface area contributed by atoms with Crippen molar-refractivity contribution >= 4 is 21.6 Å². The Morgan fingerprint density at radius 2 is 1.83 bits per heavy atom. The number of carbonyl (C=O) groups is 1. The molecule has 3 aliphatic heterocycles. The molecule has 4 rings (SSSR count). The highest BCUT2D eigenvalue weighted by molar-refractivity contribution is 7.89. The number of fused-ring (bicyclic) bond motifs is 1. The maximum absolute atomic E-state index is 13.2. The zero-order valence-electron chi connectivity index (χ0n) is 18.2. The van der Waals surface area contributed by atoms with Crippen LogP contribution in [-0.4, -0.2) is 58.6 Å². The van der Waals surface area contributed by atoms with Crippen LogP contribution in [0.3, 0.4) is 0 Å². The first-order valence-corrected chi connectivity index (χ1v) is 12.4. The first kappa shape index (κ1) is 21.7. The highest BCUT2D eigenvalue weighted by atomic mass is 32.2. The minimum Gasteiger partial charge on any atom is -0.381 e. The van der Waals surface area contributed by atoms with Gasteiger partial charge in [0.2, 0.25) is 15.9 Å². The van der Waals surface area contributed by atoms with Gasteiger partial charge in [-0.3, -0.25) is 4.79 Å². The minimum atomic E-state index is -3.69. The normalized spacial score (nSPS) is 23.4. The van der Waals surface area contributed by atoms with E-state index in [1.807, 2.05) is 20.8 Å². The van der Waals surface area contributed by atoms with Crippen LogP contribution in [-0.2, 0) is 25.0 Å². The summed E-state index contributed by atoms with van der Waals surface area (Å²) in [6, 6.07) is 3.31. The summed E-state index contributed by atoms with van der Waals surface area (Å²) in [5, 5.41) is 2.89. The van der Waals surface area contributed by atoms with E-state index in [1.54, 1.807) is 12.1 Å². The molecule has 1 amide bonds. The van der Waals surface area contributed by atoms with E-state index in [9.17, 15) is 13.2 Å². The minimum absolute atomic E-state index is 0.0990. The molecule has 1 aromatic carbocycles. The molecule has 0 atom stereocenters. The molecule has 3 heterocycles. The molecule has 0 aromatic heterocycles. The largest absolute Gasteiger partial charge is 0.381 e. The van der Waals surface area contributed by atoms with Gasteiger partial charge in [0.25, 0.3) is 0 Å². The second-order valence-corrected chi connectivity index (χ2v) is 11.4. The van der Waals surface area contributed by atoms with Crippen LogP contribution < -0.4 is 10.0 Å². The van der Waals surface area contributed by atoms with Gasteiger partial charge >= 0.3 is 0 Å². The Morgan fingerprint density at radius 3 is 2.50 bits per heavy atom. The zero-order chi connectivity index (χ0) is 21.6. The lowest BCUT2D eigenvalue weighted by Gasteiger charge is -2.40. The highest BCUT2D eigenvalue weighted by Crippen LogP contribution is 2.41. The fourth-order valence-electron chi connectivity index (χ4n) is 4.90. The standard InChI is InChI=1S/C22H33N3O4S/c1-16-12-17(13-18-19(16)24-20(26)21(18,2)3)30(27,28)23-14-22(6-10-29-11-7-22)15-25-8-4-5-9-25/h12-13,23H,4-11,14-15H2,1-3H3,(H,24,26). The molecule has 2 saturated heterocycles. The molecule has 1 aromatic rings. The van der Waals surface area contributed by atoms with Crippen LogP contribution in [0.2, 0.25) is 0 Å². The SMILES string of the molecule is Cc1cc(S(=O)(=O)NCC2(CN3CCCC3)CCOCC2)cc2c1NC(=O)C2(C)C. The lowest BCUT2D eigenvalue weighted by atomic mass is 9.80. The maximum atomic E-state index is 13.2. The van der Waals surface area contributed by atoms with Crippen LogP contribution in [0.4, 0.5) is 5.69 Å². The van der Waals surface area contributed by atoms with E-state index in [1.165, 1.54) is 12.8 Å². The smallest absolute Gasteiger partial charge is 0.240 e. The topological polar surface area (TPSA) is 87.7 Å².